The summed E-state index contributed by atoms with van der Waals surface area (Å²) in [7, 11) is -2.80. The number of nitrogens with zero attached hydrogens (tertiary/aromatic N) is 3. The highest BCUT2D eigenvalue weighted by Gasteiger charge is 2.44. The molecule has 4 rings (SSSR count). The number of benzene rings is 2. The number of anilines is 1. The summed E-state index contributed by atoms with van der Waals surface area (Å²) in [4.78, 5) is 11.6. The summed E-state index contributed by atoms with van der Waals surface area (Å²) in [6.07, 6.45) is 2.24. The minimum absolute atomic E-state index is 0.0138. The Morgan fingerprint density at radius 2 is 1.69 bits per heavy atom. The molecule has 1 aromatic heterocycles. The number of piperidine rings is 1. The fraction of sp³-hybridized carbons (Fsp3) is 0.548. The second kappa shape index (κ2) is 12.5. The molecule has 1 saturated heterocycles. The second-order valence-corrected chi connectivity index (χ2v) is 19.1. The zero-order valence-corrected chi connectivity index (χ0v) is 28.1. The first-order chi connectivity index (χ1) is 19.7. The van der Waals surface area contributed by atoms with Crippen LogP contribution >= 0.6 is 0 Å². The number of aromatic nitrogens is 2. The molecule has 0 N–H and O–H groups in total. The van der Waals surface area contributed by atoms with Gasteiger partial charge in [-0.05, 0) is 61.5 Å². The topological polar surface area (TPSA) is 100 Å². The molecule has 3 unspecified atom stereocenters. The fourth-order valence-electron chi connectivity index (χ4n) is 5.17. The lowest BCUT2D eigenvalue weighted by Gasteiger charge is -2.47. The number of aryl methyl sites for hydroxylation is 1. The summed E-state index contributed by atoms with van der Waals surface area (Å²) in [6, 6.07) is 10.5. The first kappa shape index (κ1) is 32.2. The van der Waals surface area contributed by atoms with Crippen LogP contribution in [0.4, 0.5) is 5.82 Å². The largest absolute Gasteiger partial charge is 0.493 e. The molecule has 2 heterocycles. The highest BCUT2D eigenvalue weighted by molar-refractivity contribution is 7.86. The number of hydrogen-bond donors (Lipinski definition) is 0. The smallest absolute Gasteiger partial charge is 0.296 e. The normalized spacial score (nSPS) is 19.1. The van der Waals surface area contributed by atoms with E-state index >= 15 is 0 Å². The number of methoxy groups -OCH3 is 2. The Morgan fingerprint density at radius 3 is 2.31 bits per heavy atom. The molecule has 3 aromatic rings. The first-order valence-electron chi connectivity index (χ1n) is 14.4. The zero-order chi connectivity index (χ0) is 30.9. The third-order valence-electron chi connectivity index (χ3n) is 8.81. The van der Waals surface area contributed by atoms with Crippen molar-refractivity contribution in [3.05, 3.63) is 48.3 Å². The highest BCUT2D eigenvalue weighted by Crippen LogP contribution is 2.42. The van der Waals surface area contributed by atoms with Crippen molar-refractivity contribution < 1.29 is 26.5 Å². The Morgan fingerprint density at radius 1 is 1.05 bits per heavy atom. The Hall–Kier alpha value is -2.73. The molecule has 2 aromatic carbocycles. The average Bonchev–Trinajstić information content (AvgIpc) is 2.94. The van der Waals surface area contributed by atoms with Crippen LogP contribution in [0.2, 0.25) is 18.1 Å². The van der Waals surface area contributed by atoms with E-state index in [1.807, 2.05) is 19.1 Å². The lowest BCUT2D eigenvalue weighted by Crippen LogP contribution is -2.54. The van der Waals surface area contributed by atoms with Crippen molar-refractivity contribution in [3.63, 3.8) is 0 Å². The van der Waals surface area contributed by atoms with Gasteiger partial charge < -0.3 is 18.8 Å². The van der Waals surface area contributed by atoms with Crippen molar-refractivity contribution in [2.45, 2.75) is 70.2 Å². The van der Waals surface area contributed by atoms with Crippen LogP contribution in [0.3, 0.4) is 0 Å². The zero-order valence-electron chi connectivity index (χ0n) is 26.3. The van der Waals surface area contributed by atoms with Crippen LogP contribution in [0.15, 0.2) is 47.6 Å². The van der Waals surface area contributed by atoms with Crippen LogP contribution in [0.1, 0.15) is 39.7 Å². The maximum absolute atomic E-state index is 12.9. The minimum Gasteiger partial charge on any atom is -0.493 e. The van der Waals surface area contributed by atoms with Gasteiger partial charge in [0.2, 0.25) is 0 Å². The molecule has 11 heteroatoms. The van der Waals surface area contributed by atoms with Gasteiger partial charge in [0.25, 0.3) is 10.1 Å². The van der Waals surface area contributed by atoms with Gasteiger partial charge >= 0.3 is 0 Å². The van der Waals surface area contributed by atoms with Crippen molar-refractivity contribution in [2.24, 2.45) is 11.8 Å². The van der Waals surface area contributed by atoms with Crippen LogP contribution in [0.25, 0.3) is 10.9 Å². The van der Waals surface area contributed by atoms with E-state index in [0.29, 0.717) is 18.0 Å². The quantitative estimate of drug-likeness (QED) is 0.195. The average molecular weight is 616 g/mol. The maximum atomic E-state index is 12.9. The molecule has 42 heavy (non-hydrogen) atoms. The maximum Gasteiger partial charge on any atom is 0.296 e. The molecule has 0 bridgehead atoms. The van der Waals surface area contributed by atoms with Crippen molar-refractivity contribution in [1.82, 2.24) is 9.97 Å². The van der Waals surface area contributed by atoms with Gasteiger partial charge in [0.1, 0.15) is 12.1 Å². The molecule has 0 saturated carbocycles. The molecule has 1 fully saturated rings. The predicted molar refractivity (Wildman–Crippen MR) is 169 cm³/mol. The van der Waals surface area contributed by atoms with E-state index < -0.39 is 18.4 Å². The van der Waals surface area contributed by atoms with Gasteiger partial charge in [0.05, 0.1) is 37.3 Å². The van der Waals surface area contributed by atoms with Crippen LogP contribution in [0, 0.1) is 18.8 Å². The van der Waals surface area contributed by atoms with E-state index in [-0.39, 0.29) is 34.5 Å². The summed E-state index contributed by atoms with van der Waals surface area (Å²) < 4.78 is 49.6. The summed E-state index contributed by atoms with van der Waals surface area (Å²) in [6.45, 7) is 16.6. The predicted octanol–water partition coefficient (Wildman–Crippen LogP) is 6.21. The second-order valence-electron chi connectivity index (χ2n) is 12.8. The van der Waals surface area contributed by atoms with Gasteiger partial charge in [-0.1, -0.05) is 45.4 Å². The lowest BCUT2D eigenvalue weighted by molar-refractivity contribution is 0.0549. The molecule has 1 aliphatic heterocycles. The van der Waals surface area contributed by atoms with E-state index in [2.05, 4.69) is 55.7 Å². The van der Waals surface area contributed by atoms with Gasteiger partial charge in [-0.3, -0.25) is 4.18 Å². The molecule has 0 amide bonds. The third kappa shape index (κ3) is 6.90. The number of ether oxygens (including phenoxy) is 2. The molecule has 0 spiro atoms. The van der Waals surface area contributed by atoms with Crippen molar-refractivity contribution in [2.75, 3.05) is 38.8 Å². The Bertz CT molecular complexity index is 1490. The molecule has 0 aliphatic carbocycles. The summed E-state index contributed by atoms with van der Waals surface area (Å²) in [5.41, 5.74) is 1.76. The molecule has 230 valence electrons. The first-order valence-corrected chi connectivity index (χ1v) is 18.7. The Labute approximate surface area is 251 Å². The lowest BCUT2D eigenvalue weighted by atomic mass is 9.83. The number of hydrogen-bond acceptors (Lipinski definition) is 9. The van der Waals surface area contributed by atoms with Gasteiger partial charge in [0.15, 0.2) is 19.8 Å². The molecular formula is C31H45N3O6SSi. The molecule has 1 aliphatic rings. The van der Waals surface area contributed by atoms with E-state index in [4.69, 9.17) is 18.1 Å². The number of rotatable bonds is 10. The van der Waals surface area contributed by atoms with E-state index in [0.717, 1.165) is 35.2 Å². The van der Waals surface area contributed by atoms with Gasteiger partial charge in [-0.25, -0.2) is 9.97 Å². The third-order valence-corrected chi connectivity index (χ3v) is 14.6. The molecule has 9 nitrogen and oxygen atoms in total. The van der Waals surface area contributed by atoms with Crippen LogP contribution in [0.5, 0.6) is 11.5 Å². The minimum atomic E-state index is -3.86. The SMILES string of the molecule is COc1cc2ncnc(N3CCC(C(C)COS(=O)(=O)c4ccc(C)cc4)C(O[Si](C)(C)C(C)(C)C)C3)c2cc1OC. The van der Waals surface area contributed by atoms with Crippen molar-refractivity contribution in [1.29, 1.82) is 0 Å². The summed E-state index contributed by atoms with van der Waals surface area (Å²) >= 11 is 0. The van der Waals surface area contributed by atoms with Crippen LogP contribution in [-0.4, -0.2) is 66.7 Å². The van der Waals surface area contributed by atoms with Crippen molar-refractivity contribution in [3.8, 4) is 11.5 Å². The van der Waals surface area contributed by atoms with Crippen molar-refractivity contribution >= 4 is 35.2 Å². The monoisotopic (exact) mass is 615 g/mol. The molecular weight excluding hydrogens is 571 g/mol. The highest BCUT2D eigenvalue weighted by atomic mass is 32.2. The van der Waals surface area contributed by atoms with Crippen LogP contribution in [-0.2, 0) is 18.7 Å². The van der Waals surface area contributed by atoms with Gasteiger partial charge in [-0.15, -0.1) is 0 Å². The Kier molecular flexibility index (Phi) is 9.56. The van der Waals surface area contributed by atoms with Crippen LogP contribution < -0.4 is 14.4 Å². The molecule has 3 atom stereocenters. The molecule has 0 radical (unpaired) electrons. The van der Waals surface area contributed by atoms with E-state index in [9.17, 15) is 8.42 Å². The Balaban J connectivity index is 1.61. The van der Waals surface area contributed by atoms with Gasteiger partial charge in [-0.2, -0.15) is 8.42 Å². The fourth-order valence-corrected chi connectivity index (χ4v) is 7.53. The van der Waals surface area contributed by atoms with Gasteiger partial charge in [0, 0.05) is 24.5 Å². The van der Waals surface area contributed by atoms with E-state index in [1.165, 1.54) is 0 Å². The summed E-state index contributed by atoms with van der Waals surface area (Å²) in [5, 5.41) is 0.889. The summed E-state index contributed by atoms with van der Waals surface area (Å²) in [5.74, 6) is 2.10. The standard InChI is InChI=1S/C31H45N3O6SSi/c1-21-10-12-23(13-11-21)41(35,36)39-19-22(2)24-14-15-34(18-29(24)40-42(8,9)31(3,4)5)30-25-16-27(37-6)28(38-7)17-26(25)32-20-33-30/h10-13,16-17,20,22,24,29H,14-15,18-19H2,1-9H3. The van der Waals surface area contributed by atoms with E-state index in [1.54, 1.807) is 44.8 Å². The number of fused-ring (bicyclic) bond motifs is 1.